The maximum absolute atomic E-state index is 14.3. The van der Waals surface area contributed by atoms with E-state index >= 15 is 0 Å². The highest BCUT2D eigenvalue weighted by molar-refractivity contribution is 6.00. The molecule has 1 aromatic heterocycles. The van der Waals surface area contributed by atoms with Gasteiger partial charge in [0.25, 0.3) is 5.91 Å². The number of amides is 1. The van der Waals surface area contributed by atoms with E-state index in [0.717, 1.165) is 25.7 Å². The lowest BCUT2D eigenvalue weighted by Gasteiger charge is -2.31. The molecule has 0 atom stereocenters. The summed E-state index contributed by atoms with van der Waals surface area (Å²) in [6.45, 7) is -0.736. The standard InChI is InChI=1S/C19H19F2N5O3/c20-19(21)10-26(13-3-1-2-4-13)15-14(24-17(19)29)9-22-18(25-15)23-12-7-5-11(6-8-12)16(27)28/h5-9,13H,1-4,10H2,(H,24,29)(H,27,28)(H,22,23,25). The third kappa shape index (κ3) is 3.82. The summed E-state index contributed by atoms with van der Waals surface area (Å²) >= 11 is 0. The highest BCUT2D eigenvalue weighted by atomic mass is 19.3. The predicted molar refractivity (Wildman–Crippen MR) is 102 cm³/mol. The molecule has 8 nitrogen and oxygen atoms in total. The van der Waals surface area contributed by atoms with E-state index in [2.05, 4.69) is 20.6 Å². The number of hydrogen-bond donors (Lipinski definition) is 3. The molecule has 0 radical (unpaired) electrons. The van der Waals surface area contributed by atoms with Crippen LogP contribution >= 0.6 is 0 Å². The van der Waals surface area contributed by atoms with E-state index in [-0.39, 0.29) is 29.1 Å². The molecule has 1 aromatic carbocycles. The number of anilines is 4. The van der Waals surface area contributed by atoms with Gasteiger partial charge in [0.15, 0.2) is 5.82 Å². The lowest BCUT2D eigenvalue weighted by atomic mass is 10.2. The molecule has 29 heavy (non-hydrogen) atoms. The second kappa shape index (κ2) is 7.26. The van der Waals surface area contributed by atoms with Crippen LogP contribution in [0.4, 0.5) is 31.9 Å². The van der Waals surface area contributed by atoms with E-state index in [1.165, 1.54) is 23.2 Å². The number of nitrogens with one attached hydrogen (secondary N) is 2. The zero-order valence-corrected chi connectivity index (χ0v) is 15.4. The number of alkyl halides is 2. The zero-order chi connectivity index (χ0) is 20.6. The molecule has 4 rings (SSSR count). The normalized spacial score (nSPS) is 18.7. The molecule has 1 aliphatic carbocycles. The van der Waals surface area contributed by atoms with Gasteiger partial charge in [-0.05, 0) is 37.1 Å². The van der Waals surface area contributed by atoms with Crippen LogP contribution in [0.15, 0.2) is 30.5 Å². The molecule has 2 aliphatic rings. The fraction of sp³-hybridized carbons (Fsp3) is 0.368. The Morgan fingerprint density at radius 3 is 2.59 bits per heavy atom. The lowest BCUT2D eigenvalue weighted by molar-refractivity contribution is -0.138. The smallest absolute Gasteiger partial charge is 0.341 e. The summed E-state index contributed by atoms with van der Waals surface area (Å²) in [6.07, 6.45) is 4.70. The summed E-state index contributed by atoms with van der Waals surface area (Å²) < 4.78 is 28.6. The average molecular weight is 403 g/mol. The van der Waals surface area contributed by atoms with Gasteiger partial charge in [-0.1, -0.05) is 12.8 Å². The maximum atomic E-state index is 14.3. The Morgan fingerprint density at radius 1 is 1.24 bits per heavy atom. The van der Waals surface area contributed by atoms with Crippen LogP contribution in [0.2, 0.25) is 0 Å². The summed E-state index contributed by atoms with van der Waals surface area (Å²) in [5.74, 6) is -5.53. The average Bonchev–Trinajstić information content (AvgIpc) is 3.19. The van der Waals surface area contributed by atoms with Crippen LogP contribution in [-0.4, -0.2) is 45.5 Å². The first-order chi connectivity index (χ1) is 13.8. The molecule has 2 aromatic rings. The molecular weight excluding hydrogens is 384 g/mol. The van der Waals surface area contributed by atoms with Crippen molar-refractivity contribution in [3.63, 3.8) is 0 Å². The summed E-state index contributed by atoms with van der Waals surface area (Å²) in [4.78, 5) is 32.9. The van der Waals surface area contributed by atoms with Crippen LogP contribution in [0.3, 0.4) is 0 Å². The van der Waals surface area contributed by atoms with Crippen LogP contribution in [-0.2, 0) is 4.79 Å². The summed E-state index contributed by atoms with van der Waals surface area (Å²) in [5.41, 5.74) is 0.826. The Balaban J connectivity index is 1.66. The predicted octanol–water partition coefficient (Wildman–Crippen LogP) is 3.25. The molecule has 1 amide bonds. The third-order valence-corrected chi connectivity index (χ3v) is 5.14. The van der Waals surface area contributed by atoms with Crippen molar-refractivity contribution in [1.29, 1.82) is 0 Å². The second-order valence-corrected chi connectivity index (χ2v) is 7.16. The number of carbonyl (C=O) groups is 2. The van der Waals surface area contributed by atoms with Crippen molar-refractivity contribution in [3.8, 4) is 0 Å². The number of carboxylic acid groups (broad SMARTS) is 1. The third-order valence-electron chi connectivity index (χ3n) is 5.14. The molecule has 0 saturated heterocycles. The Kier molecular flexibility index (Phi) is 4.77. The molecule has 2 heterocycles. The molecule has 0 unspecified atom stereocenters. The molecule has 10 heteroatoms. The van der Waals surface area contributed by atoms with Crippen molar-refractivity contribution in [1.82, 2.24) is 9.97 Å². The second-order valence-electron chi connectivity index (χ2n) is 7.16. The van der Waals surface area contributed by atoms with Gasteiger partial charge in [-0.15, -0.1) is 0 Å². The number of aromatic nitrogens is 2. The molecule has 1 fully saturated rings. The maximum Gasteiger partial charge on any atom is 0.341 e. The monoisotopic (exact) mass is 403 g/mol. The Morgan fingerprint density at radius 2 is 1.93 bits per heavy atom. The van der Waals surface area contributed by atoms with Crippen LogP contribution in [0.25, 0.3) is 0 Å². The van der Waals surface area contributed by atoms with Crippen molar-refractivity contribution in [2.45, 2.75) is 37.6 Å². The summed E-state index contributed by atoms with van der Waals surface area (Å²) in [7, 11) is 0. The van der Waals surface area contributed by atoms with Crippen LogP contribution in [0, 0.1) is 0 Å². The quantitative estimate of drug-likeness (QED) is 0.719. The Bertz CT molecular complexity index is 945. The number of halogens is 2. The Labute approximate surface area is 165 Å². The molecular formula is C19H19F2N5O3. The first-order valence-corrected chi connectivity index (χ1v) is 9.27. The fourth-order valence-electron chi connectivity index (χ4n) is 3.66. The van der Waals surface area contributed by atoms with Crippen LogP contribution in [0.5, 0.6) is 0 Å². The SMILES string of the molecule is O=C(O)c1ccc(Nc2ncc3c(n2)N(C2CCCC2)CC(F)(F)C(=O)N3)cc1. The Hall–Kier alpha value is -3.30. The highest BCUT2D eigenvalue weighted by Gasteiger charge is 2.46. The van der Waals surface area contributed by atoms with Gasteiger partial charge in [0.2, 0.25) is 5.95 Å². The zero-order valence-electron chi connectivity index (χ0n) is 15.4. The van der Waals surface area contributed by atoms with Crippen molar-refractivity contribution in [2.75, 3.05) is 22.1 Å². The molecule has 0 spiro atoms. The minimum atomic E-state index is -3.54. The molecule has 1 aliphatic heterocycles. The molecule has 152 valence electrons. The van der Waals surface area contributed by atoms with Crippen molar-refractivity contribution in [2.24, 2.45) is 0 Å². The van der Waals surface area contributed by atoms with E-state index in [4.69, 9.17) is 5.11 Å². The first kappa shape index (κ1) is 19.0. The van der Waals surface area contributed by atoms with Crippen molar-refractivity contribution < 1.29 is 23.5 Å². The minimum Gasteiger partial charge on any atom is -0.478 e. The number of hydrogen-bond acceptors (Lipinski definition) is 6. The summed E-state index contributed by atoms with van der Waals surface area (Å²) in [6, 6.07) is 5.86. The van der Waals surface area contributed by atoms with Gasteiger partial charge in [-0.2, -0.15) is 13.8 Å². The van der Waals surface area contributed by atoms with Gasteiger partial charge >= 0.3 is 11.9 Å². The van der Waals surface area contributed by atoms with Crippen molar-refractivity contribution in [3.05, 3.63) is 36.0 Å². The van der Waals surface area contributed by atoms with Gasteiger partial charge in [0.1, 0.15) is 5.69 Å². The summed E-state index contributed by atoms with van der Waals surface area (Å²) in [5, 5.41) is 14.1. The van der Waals surface area contributed by atoms with Gasteiger partial charge < -0.3 is 20.6 Å². The van der Waals surface area contributed by atoms with E-state index < -0.39 is 24.3 Å². The number of benzene rings is 1. The van der Waals surface area contributed by atoms with Gasteiger partial charge in [0, 0.05) is 11.7 Å². The number of aromatic carboxylic acids is 1. The fourth-order valence-corrected chi connectivity index (χ4v) is 3.66. The van der Waals surface area contributed by atoms with E-state index in [1.54, 1.807) is 12.1 Å². The van der Waals surface area contributed by atoms with Crippen LogP contribution in [0.1, 0.15) is 36.0 Å². The number of fused-ring (bicyclic) bond motifs is 1. The molecule has 3 N–H and O–H groups in total. The van der Waals surface area contributed by atoms with E-state index in [1.807, 2.05) is 0 Å². The largest absolute Gasteiger partial charge is 0.478 e. The number of carboxylic acids is 1. The number of rotatable bonds is 4. The number of carbonyl (C=O) groups excluding carboxylic acids is 1. The van der Waals surface area contributed by atoms with Gasteiger partial charge in [0.05, 0.1) is 18.3 Å². The lowest BCUT2D eigenvalue weighted by Crippen LogP contribution is -2.46. The molecule has 1 saturated carbocycles. The minimum absolute atomic E-state index is 0.120. The number of nitrogens with zero attached hydrogens (tertiary/aromatic N) is 3. The first-order valence-electron chi connectivity index (χ1n) is 9.27. The van der Waals surface area contributed by atoms with Crippen molar-refractivity contribution >= 4 is 35.0 Å². The topological polar surface area (TPSA) is 107 Å². The van der Waals surface area contributed by atoms with E-state index in [9.17, 15) is 18.4 Å². The van der Waals surface area contributed by atoms with Gasteiger partial charge in [-0.3, -0.25) is 4.79 Å². The highest BCUT2D eigenvalue weighted by Crippen LogP contribution is 2.37. The van der Waals surface area contributed by atoms with Gasteiger partial charge in [-0.25, -0.2) is 9.78 Å². The van der Waals surface area contributed by atoms with E-state index in [0.29, 0.717) is 5.69 Å². The van der Waals surface area contributed by atoms with Crippen LogP contribution < -0.4 is 15.5 Å². The molecule has 0 bridgehead atoms.